The predicted octanol–water partition coefficient (Wildman–Crippen LogP) is 6.84. The zero-order valence-corrected chi connectivity index (χ0v) is 32.8. The molecule has 2 aromatic carbocycles. The lowest BCUT2D eigenvalue weighted by Gasteiger charge is -2.40. The van der Waals surface area contributed by atoms with Crippen molar-refractivity contribution in [1.29, 1.82) is 0 Å². The highest BCUT2D eigenvalue weighted by molar-refractivity contribution is 7.13. The van der Waals surface area contributed by atoms with Crippen molar-refractivity contribution < 1.29 is 23.2 Å². The number of carbonyl (C=O) groups is 3. The molecule has 3 amide bonds. The molecule has 298 valence electrons. The molecule has 0 bridgehead atoms. The van der Waals surface area contributed by atoms with Gasteiger partial charge < -0.3 is 24.2 Å². The van der Waals surface area contributed by atoms with Crippen molar-refractivity contribution in [2.75, 3.05) is 49.5 Å². The van der Waals surface area contributed by atoms with Gasteiger partial charge in [0.2, 0.25) is 5.91 Å². The molecular formula is C44H44F2N8O3S. The molecule has 0 radical (unpaired) electrons. The molecule has 4 aliphatic heterocycles. The highest BCUT2D eigenvalue weighted by Crippen LogP contribution is 2.38. The molecule has 0 spiro atoms. The number of imidazole rings is 1. The maximum atomic E-state index is 15.9. The van der Waals surface area contributed by atoms with Crippen LogP contribution < -0.4 is 10.2 Å². The summed E-state index contributed by atoms with van der Waals surface area (Å²) in [5, 5.41) is 5.00. The van der Waals surface area contributed by atoms with Crippen molar-refractivity contribution in [2.24, 2.45) is 0 Å². The molecule has 4 aromatic rings. The normalized spacial score (nSPS) is 20.2. The molecule has 1 N–H and O–H groups in total. The SMILES string of the molecule is O=C(Nc1nccs1)C(c1ncn2c1CCC2)N1Cc2c(F)cc(-c3ccc(N4CCN(C(=O)CC5(F)CCN(C6=C/C=C\C=C/C=C6)CC5)CC4)cc3)cc2C1=O. The molecule has 0 saturated carbocycles. The number of anilines is 2. The Labute approximate surface area is 339 Å². The van der Waals surface area contributed by atoms with Crippen molar-refractivity contribution in [2.45, 2.75) is 56.9 Å². The Morgan fingerprint density at radius 1 is 0.897 bits per heavy atom. The molecule has 11 nitrogen and oxygen atoms in total. The van der Waals surface area contributed by atoms with E-state index in [9.17, 15) is 14.4 Å². The van der Waals surface area contributed by atoms with Crippen LogP contribution in [0, 0.1) is 5.82 Å². The van der Waals surface area contributed by atoms with Gasteiger partial charge in [-0.1, -0.05) is 42.5 Å². The number of fused-ring (bicyclic) bond motifs is 2. The maximum absolute atomic E-state index is 15.9. The largest absolute Gasteiger partial charge is 0.371 e. The number of halogens is 2. The van der Waals surface area contributed by atoms with Crippen LogP contribution in [-0.2, 0) is 29.1 Å². The molecule has 5 aliphatic rings. The summed E-state index contributed by atoms with van der Waals surface area (Å²) in [5.74, 6) is -1.53. The van der Waals surface area contributed by atoms with Crippen LogP contribution in [0.2, 0.25) is 0 Å². The van der Waals surface area contributed by atoms with E-state index < -0.39 is 29.3 Å². The van der Waals surface area contributed by atoms with Crippen molar-refractivity contribution in [3.63, 3.8) is 0 Å². The van der Waals surface area contributed by atoms with E-state index in [0.29, 0.717) is 68.5 Å². The van der Waals surface area contributed by atoms with Gasteiger partial charge in [0.15, 0.2) is 11.2 Å². The van der Waals surface area contributed by atoms with Gasteiger partial charge in [0.25, 0.3) is 11.8 Å². The number of hydrogen-bond donors (Lipinski definition) is 1. The van der Waals surface area contributed by atoms with Crippen LogP contribution in [0.25, 0.3) is 11.1 Å². The number of thiazole rings is 1. The first-order valence-corrected chi connectivity index (χ1v) is 20.8. The van der Waals surface area contributed by atoms with E-state index in [0.717, 1.165) is 42.0 Å². The lowest BCUT2D eigenvalue weighted by Crippen LogP contribution is -2.51. The van der Waals surface area contributed by atoms with Gasteiger partial charge in [0, 0.05) is 85.6 Å². The average molecular weight is 803 g/mol. The summed E-state index contributed by atoms with van der Waals surface area (Å²) in [6.07, 6.45) is 19.4. The van der Waals surface area contributed by atoms with Crippen LogP contribution in [-0.4, -0.2) is 91.9 Å². The van der Waals surface area contributed by atoms with E-state index in [1.165, 1.54) is 22.3 Å². The first kappa shape index (κ1) is 37.7. The number of nitrogens with one attached hydrogen (secondary N) is 1. The molecule has 2 aromatic heterocycles. The highest BCUT2D eigenvalue weighted by atomic mass is 32.1. The monoisotopic (exact) mass is 802 g/mol. The van der Waals surface area contributed by atoms with E-state index in [1.807, 2.05) is 71.4 Å². The first-order valence-electron chi connectivity index (χ1n) is 19.9. The Morgan fingerprint density at radius 3 is 2.45 bits per heavy atom. The minimum Gasteiger partial charge on any atom is -0.371 e. The van der Waals surface area contributed by atoms with Gasteiger partial charge in [-0.15, -0.1) is 11.3 Å². The molecule has 58 heavy (non-hydrogen) atoms. The summed E-state index contributed by atoms with van der Waals surface area (Å²) in [7, 11) is 0. The Kier molecular flexibility index (Phi) is 10.3. The molecule has 1 atom stereocenters. The number of benzene rings is 2. The molecule has 14 heteroatoms. The van der Waals surface area contributed by atoms with Crippen molar-refractivity contribution >= 4 is 39.9 Å². The number of allylic oxidation sites excluding steroid dienone is 7. The number of hydrogen-bond acceptors (Lipinski definition) is 8. The summed E-state index contributed by atoms with van der Waals surface area (Å²) >= 11 is 1.28. The number of piperidine rings is 1. The fourth-order valence-corrected chi connectivity index (χ4v) is 9.27. The van der Waals surface area contributed by atoms with Gasteiger partial charge in [-0.2, -0.15) is 0 Å². The summed E-state index contributed by atoms with van der Waals surface area (Å²) in [6.45, 7) is 4.07. The topological polar surface area (TPSA) is 107 Å². The zero-order chi connectivity index (χ0) is 39.8. The standard InChI is InChI=1S/C44H44F2N8O3S/c45-36-26-31(25-34-35(36)28-54(42(34)57)40(41(56)49-43-47-16-24-58-43)39-37-9-6-17-53(37)29-48-39)30-10-12-33(13-11-30)51-20-22-52(23-21-51)38(55)27-44(46)14-18-50(19-15-44)32-7-4-2-1-3-5-8-32/h1-5,7-8,10-13,16,24-26,29,40H,6,9,14-15,17-23,27-28H2,(H,47,49,56)/b2-1-,3-1?,4-2?,5-3-,7-4?,8-5?,32-7?,32-8?. The predicted molar refractivity (Wildman–Crippen MR) is 219 cm³/mol. The quantitative estimate of drug-likeness (QED) is 0.198. The first-order chi connectivity index (χ1) is 28.2. The lowest BCUT2D eigenvalue weighted by atomic mass is 9.89. The third kappa shape index (κ3) is 7.48. The number of carbonyl (C=O) groups excluding carboxylic acids is 3. The maximum Gasteiger partial charge on any atom is 0.255 e. The second-order valence-corrected chi connectivity index (χ2v) is 16.4. The minimum absolute atomic E-state index is 0.0622. The summed E-state index contributed by atoms with van der Waals surface area (Å²) in [6, 6.07) is 9.81. The summed E-state index contributed by atoms with van der Waals surface area (Å²) < 4.78 is 33.8. The Bertz CT molecular complexity index is 2340. The number of likely N-dealkylation sites (tertiary alicyclic amines) is 1. The van der Waals surface area contributed by atoms with Crippen LogP contribution in [0.3, 0.4) is 0 Å². The fourth-order valence-electron chi connectivity index (χ4n) is 8.74. The number of aromatic nitrogens is 3. The second kappa shape index (κ2) is 15.8. The minimum atomic E-state index is -1.51. The number of aryl methyl sites for hydroxylation is 1. The Hall–Kier alpha value is -5.89. The van der Waals surface area contributed by atoms with Crippen LogP contribution in [0.15, 0.2) is 103 Å². The van der Waals surface area contributed by atoms with E-state index >= 15 is 8.78 Å². The lowest BCUT2D eigenvalue weighted by molar-refractivity contribution is -0.135. The van der Waals surface area contributed by atoms with Crippen molar-refractivity contribution in [3.8, 4) is 11.1 Å². The van der Waals surface area contributed by atoms with Gasteiger partial charge in [-0.25, -0.2) is 18.7 Å². The summed E-state index contributed by atoms with van der Waals surface area (Å²) in [5.41, 5.74) is 3.67. The number of alkyl halides is 1. The molecule has 2 saturated heterocycles. The van der Waals surface area contributed by atoms with E-state index in [1.54, 1.807) is 28.9 Å². The molecule has 6 heterocycles. The van der Waals surface area contributed by atoms with Gasteiger partial charge in [-0.05, 0) is 73.2 Å². The number of nitrogens with zero attached hydrogens (tertiary/aromatic N) is 7. The zero-order valence-electron chi connectivity index (χ0n) is 32.0. The van der Waals surface area contributed by atoms with Gasteiger partial charge in [0.1, 0.15) is 11.5 Å². The molecule has 2 fully saturated rings. The van der Waals surface area contributed by atoms with E-state index in [2.05, 4.69) is 25.1 Å². The van der Waals surface area contributed by atoms with Crippen molar-refractivity contribution in [1.82, 2.24) is 29.2 Å². The third-order valence-corrected chi connectivity index (χ3v) is 12.6. The number of piperazine rings is 1. The van der Waals surface area contributed by atoms with Crippen LogP contribution in [0.5, 0.6) is 0 Å². The molecular weight excluding hydrogens is 759 g/mol. The number of rotatable bonds is 9. The highest BCUT2D eigenvalue weighted by Gasteiger charge is 2.42. The molecule has 1 unspecified atom stereocenters. The van der Waals surface area contributed by atoms with Gasteiger partial charge in [-0.3, -0.25) is 19.7 Å². The smallest absolute Gasteiger partial charge is 0.255 e. The van der Waals surface area contributed by atoms with Crippen LogP contribution in [0.1, 0.15) is 59.0 Å². The third-order valence-electron chi connectivity index (χ3n) is 12.0. The van der Waals surface area contributed by atoms with Crippen molar-refractivity contribution in [3.05, 3.63) is 131 Å². The Morgan fingerprint density at radius 2 is 1.67 bits per heavy atom. The van der Waals surface area contributed by atoms with Crippen LogP contribution >= 0.6 is 11.3 Å². The molecule has 1 aliphatic carbocycles. The number of amides is 3. The van der Waals surface area contributed by atoms with Gasteiger partial charge in [0.05, 0.1) is 25.0 Å². The second-order valence-electron chi connectivity index (χ2n) is 15.5. The molecule has 9 rings (SSSR count). The van der Waals surface area contributed by atoms with E-state index in [4.69, 9.17) is 0 Å². The fraction of sp³-hybridized carbons (Fsp3) is 0.341. The van der Waals surface area contributed by atoms with Crippen LogP contribution in [0.4, 0.5) is 19.6 Å². The Balaban J connectivity index is 0.831. The summed E-state index contributed by atoms with van der Waals surface area (Å²) in [4.78, 5) is 57.5. The van der Waals surface area contributed by atoms with Gasteiger partial charge >= 0.3 is 0 Å². The average Bonchev–Trinajstić information content (AvgIpc) is 4.04. The van der Waals surface area contributed by atoms with E-state index in [-0.39, 0.29) is 30.0 Å².